The van der Waals surface area contributed by atoms with E-state index in [1.54, 1.807) is 0 Å². The molecule has 3 heteroatoms. The molecule has 3 nitrogen and oxygen atoms in total. The zero-order valence-electron chi connectivity index (χ0n) is 9.85. The summed E-state index contributed by atoms with van der Waals surface area (Å²) in [7, 11) is 0. The fraction of sp³-hybridized carbons (Fsp3) is 1.00. The SMILES string of the molecule is CC(C)N1C2CCC1CN(C1COC1)C2. The maximum absolute atomic E-state index is 5.30. The fourth-order valence-corrected chi connectivity index (χ4v) is 3.54. The van der Waals surface area contributed by atoms with Crippen molar-refractivity contribution in [1.82, 2.24) is 9.80 Å². The van der Waals surface area contributed by atoms with Crippen LogP contribution in [0, 0.1) is 0 Å². The highest BCUT2D eigenvalue weighted by Gasteiger charge is 2.43. The molecular formula is C12H22N2O. The second-order valence-electron chi connectivity index (χ2n) is 5.57. The van der Waals surface area contributed by atoms with E-state index >= 15 is 0 Å². The molecule has 15 heavy (non-hydrogen) atoms. The maximum Gasteiger partial charge on any atom is 0.0645 e. The Bertz CT molecular complexity index is 226. The number of likely N-dealkylation sites (tertiary alicyclic amines) is 1. The van der Waals surface area contributed by atoms with Crippen LogP contribution < -0.4 is 0 Å². The third-order valence-electron chi connectivity index (χ3n) is 4.30. The molecule has 3 aliphatic heterocycles. The van der Waals surface area contributed by atoms with Crippen LogP contribution in [0.1, 0.15) is 26.7 Å². The first-order valence-corrected chi connectivity index (χ1v) is 6.35. The predicted octanol–water partition coefficient (Wildman–Crippen LogP) is 0.942. The van der Waals surface area contributed by atoms with E-state index in [1.165, 1.54) is 25.9 Å². The minimum absolute atomic E-state index is 0.724. The first-order valence-electron chi connectivity index (χ1n) is 6.35. The summed E-state index contributed by atoms with van der Waals surface area (Å²) < 4.78 is 5.30. The van der Waals surface area contributed by atoms with Crippen molar-refractivity contribution in [2.24, 2.45) is 0 Å². The lowest BCUT2D eigenvalue weighted by molar-refractivity contribution is -0.0917. The van der Waals surface area contributed by atoms with Crippen LogP contribution >= 0.6 is 0 Å². The molecule has 0 radical (unpaired) electrons. The number of fused-ring (bicyclic) bond motifs is 2. The Labute approximate surface area is 92.4 Å². The van der Waals surface area contributed by atoms with E-state index in [1.807, 2.05) is 0 Å². The minimum atomic E-state index is 0.724. The summed E-state index contributed by atoms with van der Waals surface area (Å²) in [6, 6.07) is 3.11. The van der Waals surface area contributed by atoms with Gasteiger partial charge in [0.2, 0.25) is 0 Å². The standard InChI is InChI=1S/C12H22N2O/c1-9(2)14-10-3-4-11(14)6-13(5-10)12-7-15-8-12/h9-12H,3-8H2,1-2H3. The van der Waals surface area contributed by atoms with Crippen LogP contribution in [0.4, 0.5) is 0 Å². The van der Waals surface area contributed by atoms with E-state index < -0.39 is 0 Å². The predicted molar refractivity (Wildman–Crippen MR) is 60.0 cm³/mol. The van der Waals surface area contributed by atoms with E-state index in [0.29, 0.717) is 0 Å². The normalized spacial score (nSPS) is 38.6. The molecule has 3 rings (SSSR count). The van der Waals surface area contributed by atoms with Crippen LogP contribution in [0.3, 0.4) is 0 Å². The number of hydrogen-bond donors (Lipinski definition) is 0. The monoisotopic (exact) mass is 210 g/mol. The Morgan fingerprint density at radius 2 is 1.60 bits per heavy atom. The molecule has 0 aromatic carbocycles. The van der Waals surface area contributed by atoms with E-state index in [0.717, 1.165) is 37.4 Å². The average molecular weight is 210 g/mol. The number of hydrogen-bond acceptors (Lipinski definition) is 3. The van der Waals surface area contributed by atoms with Gasteiger partial charge in [0.25, 0.3) is 0 Å². The third-order valence-corrected chi connectivity index (χ3v) is 4.30. The molecular weight excluding hydrogens is 188 g/mol. The summed E-state index contributed by atoms with van der Waals surface area (Å²) in [4.78, 5) is 5.42. The van der Waals surface area contributed by atoms with Gasteiger partial charge in [0, 0.05) is 31.2 Å². The molecule has 3 saturated heterocycles. The molecule has 0 aromatic rings. The molecule has 3 heterocycles. The second kappa shape index (κ2) is 3.72. The maximum atomic E-state index is 5.30. The molecule has 2 unspecified atom stereocenters. The van der Waals surface area contributed by atoms with Gasteiger partial charge in [0.1, 0.15) is 0 Å². The van der Waals surface area contributed by atoms with E-state index in [-0.39, 0.29) is 0 Å². The van der Waals surface area contributed by atoms with Gasteiger partial charge in [-0.3, -0.25) is 9.80 Å². The van der Waals surface area contributed by atoms with Gasteiger partial charge in [0.15, 0.2) is 0 Å². The Hall–Kier alpha value is -0.120. The summed E-state index contributed by atoms with van der Waals surface area (Å²) in [6.45, 7) is 9.19. The lowest BCUT2D eigenvalue weighted by atomic mass is 10.1. The summed E-state index contributed by atoms with van der Waals surface area (Å²) in [5.74, 6) is 0. The largest absolute Gasteiger partial charge is 0.378 e. The van der Waals surface area contributed by atoms with E-state index in [9.17, 15) is 0 Å². The Kier molecular flexibility index (Phi) is 2.49. The van der Waals surface area contributed by atoms with Gasteiger partial charge in [-0.05, 0) is 26.7 Å². The molecule has 0 aliphatic carbocycles. The lowest BCUT2D eigenvalue weighted by Gasteiger charge is -2.47. The third kappa shape index (κ3) is 1.61. The van der Waals surface area contributed by atoms with Crippen molar-refractivity contribution in [3.05, 3.63) is 0 Å². The van der Waals surface area contributed by atoms with Gasteiger partial charge in [-0.2, -0.15) is 0 Å². The highest BCUT2D eigenvalue weighted by Crippen LogP contribution is 2.33. The van der Waals surface area contributed by atoms with Crippen molar-refractivity contribution in [1.29, 1.82) is 0 Å². The molecule has 2 atom stereocenters. The quantitative estimate of drug-likeness (QED) is 0.674. The molecule has 0 N–H and O–H groups in total. The van der Waals surface area contributed by atoms with Crippen LogP contribution in [0.2, 0.25) is 0 Å². The van der Waals surface area contributed by atoms with Gasteiger partial charge in [-0.1, -0.05) is 0 Å². The average Bonchev–Trinajstić information content (AvgIpc) is 2.36. The van der Waals surface area contributed by atoms with Crippen molar-refractivity contribution < 1.29 is 4.74 Å². The highest BCUT2D eigenvalue weighted by atomic mass is 16.5. The lowest BCUT2D eigenvalue weighted by Crippen LogP contribution is -2.61. The molecule has 3 aliphatic rings. The van der Waals surface area contributed by atoms with Crippen molar-refractivity contribution in [2.45, 2.75) is 50.9 Å². The summed E-state index contributed by atoms with van der Waals surface area (Å²) in [6.07, 6.45) is 2.82. The highest BCUT2D eigenvalue weighted by molar-refractivity contribution is 4.99. The van der Waals surface area contributed by atoms with Crippen LogP contribution in [0.15, 0.2) is 0 Å². The number of piperazine rings is 1. The van der Waals surface area contributed by atoms with Crippen molar-refractivity contribution >= 4 is 0 Å². The first kappa shape index (κ1) is 10.1. The first-order chi connectivity index (χ1) is 7.25. The molecule has 0 saturated carbocycles. The fourth-order valence-electron chi connectivity index (χ4n) is 3.54. The van der Waals surface area contributed by atoms with Gasteiger partial charge in [0.05, 0.1) is 19.3 Å². The smallest absolute Gasteiger partial charge is 0.0645 e. The molecule has 0 spiro atoms. The zero-order chi connectivity index (χ0) is 10.4. The second-order valence-corrected chi connectivity index (χ2v) is 5.57. The van der Waals surface area contributed by atoms with Crippen LogP contribution in [0.5, 0.6) is 0 Å². The number of rotatable bonds is 2. The van der Waals surface area contributed by atoms with Gasteiger partial charge in [-0.25, -0.2) is 0 Å². The topological polar surface area (TPSA) is 15.7 Å². The van der Waals surface area contributed by atoms with Crippen LogP contribution in [-0.4, -0.2) is 60.3 Å². The number of ether oxygens (including phenoxy) is 1. The van der Waals surface area contributed by atoms with Crippen LogP contribution in [-0.2, 0) is 4.74 Å². The summed E-state index contributed by atoms with van der Waals surface area (Å²) in [5.41, 5.74) is 0. The van der Waals surface area contributed by atoms with E-state index in [4.69, 9.17) is 4.74 Å². The molecule has 0 amide bonds. The van der Waals surface area contributed by atoms with Crippen molar-refractivity contribution in [3.63, 3.8) is 0 Å². The Morgan fingerprint density at radius 1 is 1.00 bits per heavy atom. The Balaban J connectivity index is 1.68. The molecule has 2 bridgehead atoms. The zero-order valence-corrected chi connectivity index (χ0v) is 9.85. The summed E-state index contributed by atoms with van der Waals surface area (Å²) in [5, 5.41) is 0. The van der Waals surface area contributed by atoms with Gasteiger partial charge >= 0.3 is 0 Å². The van der Waals surface area contributed by atoms with Gasteiger partial charge in [-0.15, -0.1) is 0 Å². The van der Waals surface area contributed by atoms with Crippen molar-refractivity contribution in [3.8, 4) is 0 Å². The Morgan fingerprint density at radius 3 is 2.00 bits per heavy atom. The van der Waals surface area contributed by atoms with Gasteiger partial charge < -0.3 is 4.74 Å². The number of nitrogens with zero attached hydrogens (tertiary/aromatic N) is 2. The van der Waals surface area contributed by atoms with E-state index in [2.05, 4.69) is 23.6 Å². The molecule has 3 fully saturated rings. The minimum Gasteiger partial charge on any atom is -0.378 e. The summed E-state index contributed by atoms with van der Waals surface area (Å²) >= 11 is 0. The molecule has 0 aromatic heterocycles. The molecule has 86 valence electrons. The van der Waals surface area contributed by atoms with Crippen molar-refractivity contribution in [2.75, 3.05) is 26.3 Å². The van der Waals surface area contributed by atoms with Crippen LogP contribution in [0.25, 0.3) is 0 Å².